The van der Waals surface area contributed by atoms with E-state index in [0.717, 1.165) is 12.1 Å². The van der Waals surface area contributed by atoms with Gasteiger partial charge in [-0.05, 0) is 30.0 Å². The number of carboxylic acids is 1. The smallest absolute Gasteiger partial charge is 0.422 e. The number of carbonyl (C=O) groups is 1. The molecule has 1 heterocycles. The maximum atomic E-state index is 12.1. The first-order valence-electron chi connectivity index (χ1n) is 7.46. The molecule has 2 atom stereocenters. The van der Waals surface area contributed by atoms with Gasteiger partial charge >= 0.3 is 12.1 Å². The second kappa shape index (κ2) is 7.21. The lowest BCUT2D eigenvalue weighted by Gasteiger charge is -2.34. The molecule has 1 N–H and O–H groups in total. The highest BCUT2D eigenvalue weighted by molar-refractivity contribution is 5.70. The summed E-state index contributed by atoms with van der Waals surface area (Å²) in [6.45, 7) is 2.60. The molecule has 1 fully saturated rings. The average molecular weight is 331 g/mol. The number of carboxylic acid groups (broad SMARTS) is 1. The van der Waals surface area contributed by atoms with Gasteiger partial charge in [0.15, 0.2) is 6.61 Å². The molecular formula is C16H20F3NO3. The highest BCUT2D eigenvalue weighted by atomic mass is 19.4. The van der Waals surface area contributed by atoms with E-state index in [2.05, 4.69) is 9.64 Å². The summed E-state index contributed by atoms with van der Waals surface area (Å²) in [6, 6.07) is 6.42. The van der Waals surface area contributed by atoms with Crippen molar-refractivity contribution in [1.29, 1.82) is 0 Å². The molecule has 1 aliphatic heterocycles. The van der Waals surface area contributed by atoms with Crippen molar-refractivity contribution in [3.63, 3.8) is 0 Å². The maximum Gasteiger partial charge on any atom is 0.422 e. The van der Waals surface area contributed by atoms with Crippen LogP contribution in [0.2, 0.25) is 0 Å². The number of hydrogen-bond donors (Lipinski definition) is 1. The molecular weight excluding hydrogens is 311 g/mol. The summed E-state index contributed by atoms with van der Waals surface area (Å²) in [4.78, 5) is 13.2. The van der Waals surface area contributed by atoms with Gasteiger partial charge in [-0.2, -0.15) is 13.2 Å². The van der Waals surface area contributed by atoms with E-state index in [1.165, 1.54) is 12.1 Å². The third-order valence-electron chi connectivity index (χ3n) is 3.82. The first-order chi connectivity index (χ1) is 10.7. The van der Waals surface area contributed by atoms with Crippen LogP contribution in [0.4, 0.5) is 13.2 Å². The van der Waals surface area contributed by atoms with Gasteiger partial charge in [-0.25, -0.2) is 0 Å². The Labute approximate surface area is 132 Å². The predicted octanol–water partition coefficient (Wildman–Crippen LogP) is 3.17. The Morgan fingerprint density at radius 2 is 1.96 bits per heavy atom. The summed E-state index contributed by atoms with van der Waals surface area (Å²) in [5.41, 5.74) is 0.919. The molecule has 2 unspecified atom stereocenters. The summed E-state index contributed by atoms with van der Waals surface area (Å²) in [7, 11) is 0. The molecule has 0 bridgehead atoms. The van der Waals surface area contributed by atoms with Gasteiger partial charge in [0.05, 0.1) is 5.92 Å². The molecule has 0 saturated carbocycles. The Morgan fingerprint density at radius 1 is 1.30 bits per heavy atom. The van der Waals surface area contributed by atoms with Crippen molar-refractivity contribution in [2.75, 3.05) is 19.7 Å². The largest absolute Gasteiger partial charge is 0.484 e. The number of benzene rings is 1. The van der Waals surface area contributed by atoms with Gasteiger partial charge in [0, 0.05) is 19.6 Å². The highest BCUT2D eigenvalue weighted by Gasteiger charge is 2.30. The van der Waals surface area contributed by atoms with E-state index in [-0.39, 0.29) is 11.7 Å². The maximum absolute atomic E-state index is 12.1. The highest BCUT2D eigenvalue weighted by Crippen LogP contribution is 2.24. The third kappa shape index (κ3) is 5.74. The van der Waals surface area contributed by atoms with Crippen LogP contribution in [0.25, 0.3) is 0 Å². The van der Waals surface area contributed by atoms with Crippen LogP contribution in [0.5, 0.6) is 5.75 Å². The lowest BCUT2D eigenvalue weighted by atomic mass is 9.90. The minimum absolute atomic E-state index is 0.168. The van der Waals surface area contributed by atoms with Gasteiger partial charge in [-0.15, -0.1) is 0 Å². The fourth-order valence-electron chi connectivity index (χ4n) is 2.88. The SMILES string of the molecule is CC1CC(C(=O)O)CN(Cc2ccc(OCC(F)(F)F)cc2)C1. The second-order valence-electron chi connectivity index (χ2n) is 6.12. The summed E-state index contributed by atoms with van der Waals surface area (Å²) >= 11 is 0. The van der Waals surface area contributed by atoms with Crippen LogP contribution in [0, 0.1) is 11.8 Å². The molecule has 2 rings (SSSR count). The normalized spacial score (nSPS) is 22.8. The van der Waals surface area contributed by atoms with Gasteiger partial charge in [-0.3, -0.25) is 9.69 Å². The van der Waals surface area contributed by atoms with Crippen LogP contribution in [0.15, 0.2) is 24.3 Å². The van der Waals surface area contributed by atoms with Crippen LogP contribution in [-0.4, -0.2) is 41.8 Å². The van der Waals surface area contributed by atoms with Gasteiger partial charge in [0.1, 0.15) is 5.75 Å². The summed E-state index contributed by atoms with van der Waals surface area (Å²) in [5, 5.41) is 9.17. The van der Waals surface area contributed by atoms with Gasteiger partial charge in [0.25, 0.3) is 0 Å². The van der Waals surface area contributed by atoms with Crippen molar-refractivity contribution in [3.05, 3.63) is 29.8 Å². The fourth-order valence-corrected chi connectivity index (χ4v) is 2.88. The van der Waals surface area contributed by atoms with Crippen molar-refractivity contribution in [3.8, 4) is 5.75 Å². The molecule has 1 saturated heterocycles. The van der Waals surface area contributed by atoms with Crippen LogP contribution in [0.1, 0.15) is 18.9 Å². The van der Waals surface area contributed by atoms with Crippen molar-refractivity contribution < 1.29 is 27.8 Å². The number of likely N-dealkylation sites (tertiary alicyclic amines) is 1. The van der Waals surface area contributed by atoms with Gasteiger partial charge < -0.3 is 9.84 Å². The van der Waals surface area contributed by atoms with Crippen LogP contribution >= 0.6 is 0 Å². The summed E-state index contributed by atoms with van der Waals surface area (Å²) in [5.74, 6) is -0.675. The molecule has 7 heteroatoms. The zero-order valence-corrected chi connectivity index (χ0v) is 12.8. The number of halogens is 3. The number of aliphatic carboxylic acids is 1. The molecule has 1 aromatic rings. The zero-order chi connectivity index (χ0) is 17.0. The van der Waals surface area contributed by atoms with E-state index in [0.29, 0.717) is 25.4 Å². The van der Waals surface area contributed by atoms with Crippen molar-refractivity contribution in [2.24, 2.45) is 11.8 Å². The molecule has 128 valence electrons. The van der Waals surface area contributed by atoms with Crippen LogP contribution in [0.3, 0.4) is 0 Å². The molecule has 23 heavy (non-hydrogen) atoms. The Hall–Kier alpha value is -1.76. The van der Waals surface area contributed by atoms with E-state index in [4.69, 9.17) is 5.11 Å². The number of rotatable bonds is 5. The average Bonchev–Trinajstić information content (AvgIpc) is 2.45. The molecule has 1 aliphatic rings. The lowest BCUT2D eigenvalue weighted by molar-refractivity contribution is -0.153. The third-order valence-corrected chi connectivity index (χ3v) is 3.82. The Bertz CT molecular complexity index is 530. The van der Waals surface area contributed by atoms with E-state index in [1.54, 1.807) is 12.1 Å². The van der Waals surface area contributed by atoms with Crippen molar-refractivity contribution in [2.45, 2.75) is 26.1 Å². The van der Waals surface area contributed by atoms with E-state index >= 15 is 0 Å². The minimum Gasteiger partial charge on any atom is -0.484 e. The monoisotopic (exact) mass is 331 g/mol. The zero-order valence-electron chi connectivity index (χ0n) is 12.8. The van der Waals surface area contributed by atoms with E-state index < -0.39 is 18.8 Å². The number of hydrogen-bond acceptors (Lipinski definition) is 3. The molecule has 1 aromatic carbocycles. The molecule has 0 aliphatic carbocycles. The van der Waals surface area contributed by atoms with Crippen LogP contribution in [-0.2, 0) is 11.3 Å². The lowest BCUT2D eigenvalue weighted by Crippen LogP contribution is -2.41. The number of piperidine rings is 1. The van der Waals surface area contributed by atoms with Gasteiger partial charge in [-0.1, -0.05) is 19.1 Å². The first kappa shape index (κ1) is 17.6. The summed E-state index contributed by atoms with van der Waals surface area (Å²) < 4.78 is 40.9. The Balaban J connectivity index is 1.91. The molecule has 0 aromatic heterocycles. The number of alkyl halides is 3. The Morgan fingerprint density at radius 3 is 2.52 bits per heavy atom. The quantitative estimate of drug-likeness (QED) is 0.900. The topological polar surface area (TPSA) is 49.8 Å². The van der Waals surface area contributed by atoms with E-state index in [9.17, 15) is 18.0 Å². The molecule has 0 amide bonds. The van der Waals surface area contributed by atoms with Crippen molar-refractivity contribution in [1.82, 2.24) is 4.90 Å². The van der Waals surface area contributed by atoms with Crippen molar-refractivity contribution >= 4 is 5.97 Å². The molecule has 0 spiro atoms. The standard InChI is InChI=1S/C16H20F3NO3/c1-11-6-13(15(21)22)9-20(7-11)8-12-2-4-14(5-3-12)23-10-16(17,18)19/h2-5,11,13H,6-10H2,1H3,(H,21,22). The number of nitrogens with zero attached hydrogens (tertiary/aromatic N) is 1. The number of ether oxygens (including phenoxy) is 1. The predicted molar refractivity (Wildman–Crippen MR) is 78.2 cm³/mol. The minimum atomic E-state index is -4.35. The van der Waals surface area contributed by atoms with E-state index in [1.807, 2.05) is 6.92 Å². The molecule has 4 nitrogen and oxygen atoms in total. The fraction of sp³-hybridized carbons (Fsp3) is 0.562. The second-order valence-corrected chi connectivity index (χ2v) is 6.12. The van der Waals surface area contributed by atoms with Gasteiger partial charge in [0.2, 0.25) is 0 Å². The molecule has 0 radical (unpaired) electrons. The summed E-state index contributed by atoms with van der Waals surface area (Å²) in [6.07, 6.45) is -3.68. The Kier molecular flexibility index (Phi) is 5.51. The van der Waals surface area contributed by atoms with Crippen LogP contribution < -0.4 is 4.74 Å². The first-order valence-corrected chi connectivity index (χ1v) is 7.46.